The molecule has 0 aromatic heterocycles. The van der Waals surface area contributed by atoms with Crippen molar-refractivity contribution in [3.8, 4) is 0 Å². The molecule has 0 N–H and O–H groups in total. The Balaban J connectivity index is 0.000000186. The van der Waals surface area contributed by atoms with Crippen LogP contribution < -0.4 is 0 Å². The third-order valence-electron chi connectivity index (χ3n) is 13.0. The summed E-state index contributed by atoms with van der Waals surface area (Å²) in [5, 5.41) is 7.12. The summed E-state index contributed by atoms with van der Waals surface area (Å²) in [5.74, 6) is 0. The molecule has 0 saturated heterocycles. The van der Waals surface area contributed by atoms with Crippen molar-refractivity contribution in [1.29, 1.82) is 0 Å². The van der Waals surface area contributed by atoms with E-state index in [1.807, 2.05) is 84.0 Å². The van der Waals surface area contributed by atoms with Crippen molar-refractivity contribution in [3.63, 3.8) is 0 Å². The van der Waals surface area contributed by atoms with Gasteiger partial charge in [-0.2, -0.15) is 0 Å². The van der Waals surface area contributed by atoms with Crippen molar-refractivity contribution in [1.82, 2.24) is 0 Å². The first-order valence-corrected chi connectivity index (χ1v) is 32.7. The van der Waals surface area contributed by atoms with Gasteiger partial charge >= 0.3 is 0 Å². The van der Waals surface area contributed by atoms with Crippen molar-refractivity contribution in [2.75, 3.05) is 0 Å². The van der Waals surface area contributed by atoms with Crippen molar-refractivity contribution in [3.05, 3.63) is 231 Å². The summed E-state index contributed by atoms with van der Waals surface area (Å²) < 4.78 is 162. The summed E-state index contributed by atoms with van der Waals surface area (Å²) in [6.07, 6.45) is 0. The molecule has 84 heavy (non-hydrogen) atoms. The molecule has 0 heterocycles. The molecule has 444 valence electrons. The lowest BCUT2D eigenvalue weighted by Gasteiger charge is -2.14. The fourth-order valence-electron chi connectivity index (χ4n) is 9.40. The maximum atomic E-state index is 11.3. The molecular formula is C64H63O15S5-5. The lowest BCUT2D eigenvalue weighted by atomic mass is 10.0. The average molecular weight is 1230 g/mol. The molecule has 0 atom stereocenters. The van der Waals surface area contributed by atoms with Gasteiger partial charge in [-0.05, 0) is 208 Å². The highest BCUT2D eigenvalue weighted by atomic mass is 32.2. The second-order valence-electron chi connectivity index (χ2n) is 20.5. The van der Waals surface area contributed by atoms with E-state index in [2.05, 4.69) is 51.1 Å². The van der Waals surface area contributed by atoms with E-state index in [4.69, 9.17) is 0 Å². The van der Waals surface area contributed by atoms with E-state index in [1.165, 1.54) is 76.0 Å². The molecule has 10 aromatic carbocycles. The number of hydrogen-bond donors (Lipinski definition) is 0. The van der Waals surface area contributed by atoms with E-state index in [0.717, 1.165) is 71.6 Å². The fourth-order valence-corrected chi connectivity index (χ4v) is 12.6. The maximum absolute atomic E-state index is 11.3. The Hall–Kier alpha value is -7.21. The van der Waals surface area contributed by atoms with Crippen LogP contribution >= 0.6 is 0 Å². The Kier molecular flexibility index (Phi) is 21.9. The average Bonchev–Trinajstić information content (AvgIpc) is 1.48. The first kappa shape index (κ1) is 67.6. The van der Waals surface area contributed by atoms with E-state index in [9.17, 15) is 64.9 Å². The zero-order valence-electron chi connectivity index (χ0n) is 48.3. The summed E-state index contributed by atoms with van der Waals surface area (Å²) in [6, 6.07) is 46.9. The standard InChI is InChI=1S/C13H14O3S.C13H14.C12H12O3S.C11H10O3S.C8H10O3S.C7H8O3S/c1-8-4-10(3)13-11(5-8)6-9(2)7-12(13)17(14,15)16;1-9-4-5-13-11(3)6-10(2)8-12(13)7-9;1-8-5-9(2)12-4-3-11(16(13,14)15)7-10(12)6-8;1-8-4-2-6-10-9(8)5-3-7-11(10)15(12,13)14;1-6-3-7(2)5-8(4-6)12(9,10)11;1-6-2-4-7(5-3-6)11(8,9)10/h4-7H,1-3H3,(H,14,15,16);4-8H,1-3H3;3-7H,1-2H3,(H,13,14,15);2-7H,1H3,(H,12,13,14);3-5H,1-2H3,(H,9,10,11);2-5H,1H3,(H,8,9,10)/p-5. The quantitative estimate of drug-likeness (QED) is 0.145. The minimum absolute atomic E-state index is 0.120. The van der Waals surface area contributed by atoms with Gasteiger partial charge in [-0.15, -0.1) is 0 Å². The second kappa shape index (κ2) is 27.2. The van der Waals surface area contributed by atoms with E-state index in [1.54, 1.807) is 63.2 Å². The number of benzene rings is 10. The molecule has 0 unspecified atom stereocenters. The van der Waals surface area contributed by atoms with Crippen molar-refractivity contribution in [2.45, 2.75) is 108 Å². The monoisotopic (exact) mass is 1230 g/mol. The van der Waals surface area contributed by atoms with Crippen LogP contribution in [0.4, 0.5) is 0 Å². The molecule has 0 fully saturated rings. The Morgan fingerprint density at radius 1 is 0.238 bits per heavy atom. The molecule has 15 nitrogen and oxygen atoms in total. The van der Waals surface area contributed by atoms with Crippen LogP contribution in [0, 0.1) is 83.1 Å². The lowest BCUT2D eigenvalue weighted by molar-refractivity contribution is 0.460. The second-order valence-corrected chi connectivity index (χ2v) is 27.4. The Bertz CT molecular complexity index is 4660. The van der Waals surface area contributed by atoms with Gasteiger partial charge in [0.15, 0.2) is 0 Å². The van der Waals surface area contributed by atoms with E-state index < -0.39 is 50.6 Å². The summed E-state index contributed by atoms with van der Waals surface area (Å²) in [7, 11) is -21.8. The van der Waals surface area contributed by atoms with Crippen LogP contribution in [0.1, 0.15) is 66.8 Å². The first-order chi connectivity index (χ1) is 38.7. The molecule has 0 spiro atoms. The van der Waals surface area contributed by atoms with E-state index >= 15 is 0 Å². The van der Waals surface area contributed by atoms with Gasteiger partial charge in [0.1, 0.15) is 50.6 Å². The molecular weight excluding hydrogens is 1170 g/mol. The summed E-state index contributed by atoms with van der Waals surface area (Å²) in [4.78, 5) is -0.776. The molecule has 0 bridgehead atoms. The van der Waals surface area contributed by atoms with Crippen LogP contribution in [0.5, 0.6) is 0 Å². The molecule has 0 aliphatic heterocycles. The zero-order chi connectivity index (χ0) is 63.0. The predicted octanol–water partition coefficient (Wildman–Crippen LogP) is 13.0. The van der Waals surface area contributed by atoms with Crippen molar-refractivity contribution < 1.29 is 64.9 Å². The molecule has 10 aromatic rings. The van der Waals surface area contributed by atoms with Gasteiger partial charge in [0.05, 0.1) is 24.5 Å². The highest BCUT2D eigenvalue weighted by molar-refractivity contribution is 7.86. The van der Waals surface area contributed by atoms with Crippen LogP contribution in [0.3, 0.4) is 0 Å². The number of hydrogen-bond acceptors (Lipinski definition) is 15. The Morgan fingerprint density at radius 3 is 1.11 bits per heavy atom. The number of rotatable bonds is 5. The van der Waals surface area contributed by atoms with Crippen molar-refractivity contribution >= 4 is 93.7 Å². The van der Waals surface area contributed by atoms with Crippen LogP contribution in [0.25, 0.3) is 43.1 Å². The SMILES string of the molecule is Cc1cc(C)c2c(S(=O)(=O)[O-])cc(C)cc2c1.Cc1cc(C)c2ccc(S(=O)(=O)[O-])cc2c1.Cc1cc(C)cc(S(=O)(=O)[O-])c1.Cc1ccc(S(=O)(=O)[O-])cc1.Cc1ccc2c(C)cc(C)cc2c1.Cc1cccc2c(S(=O)(=O)[O-])cccc12. The predicted molar refractivity (Wildman–Crippen MR) is 325 cm³/mol. The van der Waals surface area contributed by atoms with Crippen LogP contribution in [-0.4, -0.2) is 64.9 Å². The molecule has 0 saturated carbocycles. The molecule has 10 rings (SSSR count). The highest BCUT2D eigenvalue weighted by Gasteiger charge is 2.12. The lowest BCUT2D eigenvalue weighted by Crippen LogP contribution is -2.01. The minimum Gasteiger partial charge on any atom is -0.744 e. The maximum Gasteiger partial charge on any atom is 0.125 e. The Labute approximate surface area is 493 Å². The van der Waals surface area contributed by atoms with Gasteiger partial charge in [-0.3, -0.25) is 0 Å². The van der Waals surface area contributed by atoms with E-state index in [0.29, 0.717) is 10.8 Å². The number of aryl methyl sites for hydroxylation is 12. The van der Waals surface area contributed by atoms with Gasteiger partial charge in [0.25, 0.3) is 0 Å². The summed E-state index contributed by atoms with van der Waals surface area (Å²) >= 11 is 0. The van der Waals surface area contributed by atoms with Gasteiger partial charge < -0.3 is 22.8 Å². The van der Waals surface area contributed by atoms with Crippen LogP contribution in [-0.2, 0) is 50.6 Å². The first-order valence-electron chi connectivity index (χ1n) is 25.7. The molecule has 0 aliphatic rings. The minimum atomic E-state index is -4.44. The normalized spacial score (nSPS) is 11.6. The summed E-state index contributed by atoms with van der Waals surface area (Å²) in [6.45, 7) is 23.1. The molecule has 0 aliphatic carbocycles. The van der Waals surface area contributed by atoms with Gasteiger partial charge in [0.2, 0.25) is 0 Å². The molecule has 20 heteroatoms. The summed E-state index contributed by atoms with van der Waals surface area (Å²) in [5.41, 5.74) is 12.3. The third-order valence-corrected chi connectivity index (χ3v) is 17.2. The largest absolute Gasteiger partial charge is 0.744 e. The van der Waals surface area contributed by atoms with E-state index in [-0.39, 0.29) is 24.5 Å². The van der Waals surface area contributed by atoms with Crippen LogP contribution in [0.15, 0.2) is 188 Å². The van der Waals surface area contributed by atoms with Gasteiger partial charge in [0, 0.05) is 5.39 Å². The third kappa shape index (κ3) is 18.9. The van der Waals surface area contributed by atoms with Gasteiger partial charge in [-0.25, -0.2) is 42.1 Å². The Morgan fingerprint density at radius 2 is 0.619 bits per heavy atom. The number of fused-ring (bicyclic) bond motifs is 4. The topological polar surface area (TPSA) is 286 Å². The zero-order valence-corrected chi connectivity index (χ0v) is 52.3. The van der Waals surface area contributed by atoms with Gasteiger partial charge in [-0.1, -0.05) is 143 Å². The molecule has 0 radical (unpaired) electrons. The van der Waals surface area contributed by atoms with Crippen LogP contribution in [0.2, 0.25) is 0 Å². The molecule has 0 amide bonds. The highest BCUT2D eigenvalue weighted by Crippen LogP contribution is 2.30. The van der Waals surface area contributed by atoms with Crippen molar-refractivity contribution in [2.24, 2.45) is 0 Å². The smallest absolute Gasteiger partial charge is 0.125 e. The fraction of sp³-hybridized carbons (Fsp3) is 0.188.